The molecule has 1 aliphatic heterocycles. The van der Waals surface area contributed by atoms with E-state index in [1.807, 2.05) is 13.8 Å². The van der Waals surface area contributed by atoms with E-state index in [0.29, 0.717) is 18.4 Å². The zero-order valence-corrected chi connectivity index (χ0v) is 18.0. The van der Waals surface area contributed by atoms with Gasteiger partial charge in [-0.25, -0.2) is 18.7 Å². The van der Waals surface area contributed by atoms with Gasteiger partial charge in [-0.3, -0.25) is 4.98 Å². The van der Waals surface area contributed by atoms with Crippen LogP contribution in [-0.2, 0) is 10.6 Å². The summed E-state index contributed by atoms with van der Waals surface area (Å²) in [5.41, 5.74) is 2.12. The number of hydrogen-bond donors (Lipinski definition) is 2. The maximum absolute atomic E-state index is 14.9. The quantitative estimate of drug-likeness (QED) is 0.563. The van der Waals surface area contributed by atoms with Gasteiger partial charge >= 0.3 is 0 Å². The van der Waals surface area contributed by atoms with E-state index < -0.39 is 17.7 Å². The molecular formula is C22H23ClF2N4O2. The standard InChI is InChI=1S/C22H23ClF2N4O2/c1-11(2)19-13(7-23)8-26-21-14(19)5-12(6-15(21)24)20-16(25)9-27-22(29-20)28-17-3-4-31-10-18(17)30/h5-6,8-9,11,17-18,30H,3-4,7,10H2,1-2H3,(H,27,28,29)/t17-,18?/m1/s1. The van der Waals surface area contributed by atoms with Crippen LogP contribution < -0.4 is 5.32 Å². The van der Waals surface area contributed by atoms with Crippen molar-refractivity contribution in [2.45, 2.75) is 44.2 Å². The van der Waals surface area contributed by atoms with Crippen molar-refractivity contribution in [3.05, 3.63) is 47.3 Å². The number of nitrogens with zero attached hydrogens (tertiary/aromatic N) is 3. The number of pyridine rings is 1. The summed E-state index contributed by atoms with van der Waals surface area (Å²) in [7, 11) is 0. The van der Waals surface area contributed by atoms with E-state index in [9.17, 15) is 13.9 Å². The molecule has 4 rings (SSSR count). The number of benzene rings is 1. The van der Waals surface area contributed by atoms with Crippen molar-refractivity contribution in [1.82, 2.24) is 15.0 Å². The summed E-state index contributed by atoms with van der Waals surface area (Å²) in [6.07, 6.45) is 2.46. The molecule has 1 fully saturated rings. The van der Waals surface area contributed by atoms with Crippen LogP contribution >= 0.6 is 11.6 Å². The molecule has 3 heterocycles. The van der Waals surface area contributed by atoms with Crippen LogP contribution in [0, 0.1) is 11.6 Å². The predicted octanol–water partition coefficient (Wildman–Crippen LogP) is 4.39. The van der Waals surface area contributed by atoms with Crippen LogP contribution in [-0.4, -0.2) is 45.4 Å². The second-order valence-corrected chi connectivity index (χ2v) is 8.18. The molecule has 0 spiro atoms. The van der Waals surface area contributed by atoms with E-state index in [1.165, 1.54) is 6.07 Å². The molecule has 31 heavy (non-hydrogen) atoms. The van der Waals surface area contributed by atoms with E-state index in [0.717, 1.165) is 17.3 Å². The number of rotatable bonds is 5. The molecule has 1 aliphatic rings. The van der Waals surface area contributed by atoms with Crippen molar-refractivity contribution in [2.24, 2.45) is 0 Å². The molecule has 1 saturated heterocycles. The molecule has 2 N–H and O–H groups in total. The second-order valence-electron chi connectivity index (χ2n) is 7.91. The molecule has 9 heteroatoms. The van der Waals surface area contributed by atoms with Gasteiger partial charge in [0, 0.05) is 29.6 Å². The van der Waals surface area contributed by atoms with Crippen LogP contribution in [0.25, 0.3) is 22.2 Å². The summed E-state index contributed by atoms with van der Waals surface area (Å²) in [6, 6.07) is 2.59. The summed E-state index contributed by atoms with van der Waals surface area (Å²) in [6.45, 7) is 4.67. The Morgan fingerprint density at radius 3 is 2.74 bits per heavy atom. The molecule has 6 nitrogen and oxygen atoms in total. The Morgan fingerprint density at radius 2 is 2.03 bits per heavy atom. The van der Waals surface area contributed by atoms with Gasteiger partial charge < -0.3 is 15.2 Å². The number of halogens is 3. The second kappa shape index (κ2) is 8.98. The molecule has 0 amide bonds. The minimum absolute atomic E-state index is 0.0363. The van der Waals surface area contributed by atoms with E-state index in [2.05, 4.69) is 20.3 Å². The predicted molar refractivity (Wildman–Crippen MR) is 115 cm³/mol. The number of anilines is 1. The van der Waals surface area contributed by atoms with Crippen LogP contribution in [0.4, 0.5) is 14.7 Å². The van der Waals surface area contributed by atoms with Crippen molar-refractivity contribution in [3.8, 4) is 11.3 Å². The summed E-state index contributed by atoms with van der Waals surface area (Å²) < 4.78 is 34.8. The number of aliphatic hydroxyl groups excluding tert-OH is 1. The zero-order valence-electron chi connectivity index (χ0n) is 17.2. The number of aromatic nitrogens is 3. The molecule has 0 aliphatic carbocycles. The number of fused-ring (bicyclic) bond motifs is 1. The summed E-state index contributed by atoms with van der Waals surface area (Å²) in [5.74, 6) is -0.783. The Bertz CT molecular complexity index is 1110. The van der Waals surface area contributed by atoms with Gasteiger partial charge in [0.15, 0.2) is 5.82 Å². The van der Waals surface area contributed by atoms with Gasteiger partial charge in [-0.05, 0) is 35.6 Å². The average molecular weight is 449 g/mol. The lowest BCUT2D eigenvalue weighted by Crippen LogP contribution is -2.42. The molecule has 3 aromatic rings. The largest absolute Gasteiger partial charge is 0.389 e. The topological polar surface area (TPSA) is 80.2 Å². The van der Waals surface area contributed by atoms with Crippen LogP contribution in [0.2, 0.25) is 0 Å². The molecular weight excluding hydrogens is 426 g/mol. The first-order valence-electron chi connectivity index (χ1n) is 10.1. The first-order chi connectivity index (χ1) is 14.9. The SMILES string of the molecule is CC(C)c1c(CCl)cnc2c(F)cc(-c3nc(N[C@@H]4CCOCC4O)ncc3F)cc12. The fraction of sp³-hybridized carbons (Fsp3) is 0.409. The first-order valence-corrected chi connectivity index (χ1v) is 10.6. The first kappa shape index (κ1) is 21.8. The molecule has 164 valence electrons. The monoisotopic (exact) mass is 448 g/mol. The van der Waals surface area contributed by atoms with E-state index in [-0.39, 0.29) is 47.2 Å². The van der Waals surface area contributed by atoms with E-state index >= 15 is 0 Å². The Labute approximate surface area is 183 Å². The minimum atomic E-state index is -0.724. The van der Waals surface area contributed by atoms with Gasteiger partial charge in [0.25, 0.3) is 0 Å². The van der Waals surface area contributed by atoms with Gasteiger partial charge in [-0.15, -0.1) is 11.6 Å². The third-order valence-electron chi connectivity index (χ3n) is 5.43. The Morgan fingerprint density at radius 1 is 1.23 bits per heavy atom. The Hall–Kier alpha value is -2.42. The summed E-state index contributed by atoms with van der Waals surface area (Å²) in [5, 5.41) is 13.7. The molecule has 2 atom stereocenters. The third-order valence-corrected chi connectivity index (χ3v) is 5.72. The third kappa shape index (κ3) is 4.33. The fourth-order valence-corrected chi connectivity index (χ4v) is 4.15. The molecule has 0 radical (unpaired) electrons. The maximum Gasteiger partial charge on any atom is 0.223 e. The van der Waals surface area contributed by atoms with Crippen LogP contribution in [0.1, 0.15) is 37.3 Å². The number of aliphatic hydroxyl groups is 1. The number of hydrogen-bond acceptors (Lipinski definition) is 6. The number of ether oxygens (including phenoxy) is 1. The minimum Gasteiger partial charge on any atom is -0.389 e. The lowest BCUT2D eigenvalue weighted by molar-refractivity contribution is -0.0136. The van der Waals surface area contributed by atoms with Crippen LogP contribution in [0.5, 0.6) is 0 Å². The molecule has 0 saturated carbocycles. The molecule has 0 bridgehead atoms. The zero-order chi connectivity index (χ0) is 22.1. The Balaban J connectivity index is 1.80. The average Bonchev–Trinajstić information content (AvgIpc) is 2.75. The van der Waals surface area contributed by atoms with Crippen molar-refractivity contribution >= 4 is 28.5 Å². The van der Waals surface area contributed by atoms with Crippen LogP contribution in [0.3, 0.4) is 0 Å². The van der Waals surface area contributed by atoms with Crippen molar-refractivity contribution in [1.29, 1.82) is 0 Å². The van der Waals surface area contributed by atoms with Gasteiger partial charge in [0.1, 0.15) is 17.0 Å². The summed E-state index contributed by atoms with van der Waals surface area (Å²) in [4.78, 5) is 12.5. The normalized spacial score (nSPS) is 19.2. The number of nitrogens with one attached hydrogen (secondary N) is 1. The fourth-order valence-electron chi connectivity index (χ4n) is 3.94. The van der Waals surface area contributed by atoms with E-state index in [1.54, 1.807) is 12.3 Å². The highest BCUT2D eigenvalue weighted by molar-refractivity contribution is 6.17. The highest BCUT2D eigenvalue weighted by atomic mass is 35.5. The van der Waals surface area contributed by atoms with Gasteiger partial charge in [-0.2, -0.15) is 0 Å². The molecule has 1 aromatic carbocycles. The highest BCUT2D eigenvalue weighted by Crippen LogP contribution is 2.34. The Kier molecular flexibility index (Phi) is 6.31. The van der Waals surface area contributed by atoms with E-state index in [4.69, 9.17) is 16.3 Å². The van der Waals surface area contributed by atoms with Crippen molar-refractivity contribution < 1.29 is 18.6 Å². The van der Waals surface area contributed by atoms with Crippen LogP contribution in [0.15, 0.2) is 24.5 Å². The van der Waals surface area contributed by atoms with Crippen molar-refractivity contribution in [2.75, 3.05) is 18.5 Å². The summed E-state index contributed by atoms with van der Waals surface area (Å²) >= 11 is 6.07. The lowest BCUT2D eigenvalue weighted by Gasteiger charge is -2.28. The van der Waals surface area contributed by atoms with Gasteiger partial charge in [0.05, 0.1) is 24.9 Å². The highest BCUT2D eigenvalue weighted by Gasteiger charge is 2.25. The lowest BCUT2D eigenvalue weighted by atomic mass is 9.93. The molecule has 2 aromatic heterocycles. The van der Waals surface area contributed by atoms with Crippen molar-refractivity contribution in [3.63, 3.8) is 0 Å². The smallest absolute Gasteiger partial charge is 0.223 e. The van der Waals surface area contributed by atoms with Gasteiger partial charge in [-0.1, -0.05) is 13.8 Å². The van der Waals surface area contributed by atoms with Gasteiger partial charge in [0.2, 0.25) is 5.95 Å². The number of alkyl halides is 1. The maximum atomic E-state index is 14.9. The molecule has 1 unspecified atom stereocenters.